The van der Waals surface area contributed by atoms with Gasteiger partial charge in [-0.05, 0) is 71.3 Å². The zero-order valence-electron chi connectivity index (χ0n) is 11.4. The highest BCUT2D eigenvalue weighted by Gasteiger charge is 2.11. The number of rotatable bonds is 2. The normalized spacial score (nSPS) is 10.3. The van der Waals surface area contributed by atoms with E-state index in [9.17, 15) is 8.78 Å². The second-order valence-electron chi connectivity index (χ2n) is 4.70. The minimum atomic E-state index is -0.716. The molecule has 0 spiro atoms. The fourth-order valence-corrected chi connectivity index (χ4v) is 2.71. The highest BCUT2D eigenvalue weighted by atomic mass is 79.9. The first-order valence-corrected chi connectivity index (χ1v) is 7.36. The number of nitrogens with one attached hydrogen (secondary N) is 2. The number of halogens is 3. The highest BCUT2D eigenvalue weighted by molar-refractivity contribution is 9.10. The second-order valence-corrected chi connectivity index (χ2v) is 5.96. The molecule has 0 aliphatic heterocycles. The van der Waals surface area contributed by atoms with E-state index in [1.165, 1.54) is 6.07 Å². The second kappa shape index (κ2) is 6.49. The van der Waals surface area contributed by atoms with Gasteiger partial charge in [-0.25, -0.2) is 8.78 Å². The minimum Gasteiger partial charge on any atom is -0.332 e. The van der Waals surface area contributed by atoms with E-state index < -0.39 is 11.6 Å². The number of anilines is 2. The molecule has 0 heterocycles. The molecule has 0 aliphatic rings. The van der Waals surface area contributed by atoms with E-state index in [-0.39, 0.29) is 15.3 Å². The van der Waals surface area contributed by atoms with Gasteiger partial charge in [0.05, 0.1) is 5.69 Å². The van der Waals surface area contributed by atoms with Crippen molar-refractivity contribution in [3.63, 3.8) is 0 Å². The van der Waals surface area contributed by atoms with Gasteiger partial charge in [-0.15, -0.1) is 0 Å². The van der Waals surface area contributed by atoms with Crippen molar-refractivity contribution in [1.82, 2.24) is 0 Å². The van der Waals surface area contributed by atoms with E-state index in [2.05, 4.69) is 26.6 Å². The quantitative estimate of drug-likeness (QED) is 0.714. The van der Waals surface area contributed by atoms with Crippen LogP contribution in [0.3, 0.4) is 0 Å². The summed E-state index contributed by atoms with van der Waals surface area (Å²) in [5, 5.41) is 5.93. The van der Waals surface area contributed by atoms with Crippen molar-refractivity contribution >= 4 is 44.6 Å². The van der Waals surface area contributed by atoms with Gasteiger partial charge in [-0.1, -0.05) is 6.07 Å². The van der Waals surface area contributed by atoms with Crippen LogP contribution in [0.5, 0.6) is 0 Å². The number of hydrogen-bond donors (Lipinski definition) is 2. The fourth-order valence-electron chi connectivity index (χ4n) is 1.98. The van der Waals surface area contributed by atoms with Gasteiger partial charge in [0.2, 0.25) is 0 Å². The standard InChI is InChI=1S/C15H13BrF2N2S/c1-8-3-9(2)5-11(4-8)19-15(21)20-14-12(16)6-10(17)7-13(14)18/h3-7H,1-2H3,(H2,19,20,21). The van der Waals surface area contributed by atoms with Crippen LogP contribution in [0.2, 0.25) is 0 Å². The van der Waals surface area contributed by atoms with Crippen molar-refractivity contribution in [2.75, 3.05) is 10.6 Å². The van der Waals surface area contributed by atoms with Crippen LogP contribution in [-0.2, 0) is 0 Å². The molecule has 2 N–H and O–H groups in total. The third kappa shape index (κ3) is 4.22. The number of hydrogen-bond acceptors (Lipinski definition) is 1. The van der Waals surface area contributed by atoms with Crippen LogP contribution < -0.4 is 10.6 Å². The SMILES string of the molecule is Cc1cc(C)cc(NC(=S)Nc2c(F)cc(F)cc2Br)c1. The lowest BCUT2D eigenvalue weighted by atomic mass is 10.1. The van der Waals surface area contributed by atoms with E-state index in [1.807, 2.05) is 32.0 Å². The molecule has 2 aromatic rings. The molecule has 110 valence electrons. The Balaban J connectivity index is 2.15. The molecule has 0 unspecified atom stereocenters. The van der Waals surface area contributed by atoms with Crippen LogP contribution in [0.4, 0.5) is 20.2 Å². The maximum absolute atomic E-state index is 13.7. The molecule has 0 aromatic heterocycles. The van der Waals surface area contributed by atoms with E-state index in [0.717, 1.165) is 22.9 Å². The fraction of sp³-hybridized carbons (Fsp3) is 0.133. The monoisotopic (exact) mass is 370 g/mol. The maximum atomic E-state index is 13.7. The van der Waals surface area contributed by atoms with Gasteiger partial charge in [0.25, 0.3) is 0 Å². The Hall–Kier alpha value is -1.53. The van der Waals surface area contributed by atoms with E-state index in [0.29, 0.717) is 0 Å². The van der Waals surface area contributed by atoms with E-state index in [1.54, 1.807) is 0 Å². The summed E-state index contributed by atoms with van der Waals surface area (Å²) in [6.07, 6.45) is 0. The zero-order valence-corrected chi connectivity index (χ0v) is 13.8. The third-order valence-corrected chi connectivity index (χ3v) is 3.55. The summed E-state index contributed by atoms with van der Waals surface area (Å²) in [6.45, 7) is 3.95. The Labute approximate surface area is 135 Å². The molecule has 0 bridgehead atoms. The molecule has 21 heavy (non-hydrogen) atoms. The lowest BCUT2D eigenvalue weighted by Crippen LogP contribution is -2.20. The van der Waals surface area contributed by atoms with Crippen LogP contribution in [-0.4, -0.2) is 5.11 Å². The lowest BCUT2D eigenvalue weighted by molar-refractivity contribution is 0.585. The smallest absolute Gasteiger partial charge is 0.175 e. The Kier molecular flexibility index (Phi) is 4.90. The maximum Gasteiger partial charge on any atom is 0.175 e. The van der Waals surface area contributed by atoms with Crippen molar-refractivity contribution in [2.45, 2.75) is 13.8 Å². The Morgan fingerprint density at radius 2 is 1.62 bits per heavy atom. The van der Waals surface area contributed by atoms with Crippen LogP contribution in [0, 0.1) is 25.5 Å². The van der Waals surface area contributed by atoms with Gasteiger partial charge >= 0.3 is 0 Å². The molecule has 0 amide bonds. The van der Waals surface area contributed by atoms with E-state index >= 15 is 0 Å². The predicted octanol–water partition coefficient (Wildman–Crippen LogP) is 5.15. The molecule has 2 rings (SSSR count). The summed E-state index contributed by atoms with van der Waals surface area (Å²) in [5.74, 6) is -1.37. The molecule has 2 nitrogen and oxygen atoms in total. The summed E-state index contributed by atoms with van der Waals surface area (Å²) in [5.41, 5.74) is 3.09. The Morgan fingerprint density at radius 3 is 2.19 bits per heavy atom. The largest absolute Gasteiger partial charge is 0.332 e. The number of benzene rings is 2. The van der Waals surface area contributed by atoms with Gasteiger partial charge in [0, 0.05) is 16.2 Å². The first-order chi connectivity index (χ1) is 9.85. The van der Waals surface area contributed by atoms with E-state index in [4.69, 9.17) is 12.2 Å². The molecule has 0 aliphatic carbocycles. The van der Waals surface area contributed by atoms with Gasteiger partial charge in [0.1, 0.15) is 5.82 Å². The first kappa shape index (κ1) is 15.9. The molecular weight excluding hydrogens is 358 g/mol. The van der Waals surface area contributed by atoms with Crippen molar-refractivity contribution in [3.05, 3.63) is 57.6 Å². The topological polar surface area (TPSA) is 24.1 Å². The summed E-state index contributed by atoms with van der Waals surface area (Å²) in [6, 6.07) is 7.86. The molecule has 6 heteroatoms. The summed E-state index contributed by atoms with van der Waals surface area (Å²) in [7, 11) is 0. The Bertz CT molecular complexity index is 661. The Morgan fingerprint density at radius 1 is 1.00 bits per heavy atom. The van der Waals surface area contributed by atoms with Gasteiger partial charge < -0.3 is 10.6 Å². The first-order valence-electron chi connectivity index (χ1n) is 6.16. The van der Waals surface area contributed by atoms with Gasteiger partial charge in [-0.2, -0.15) is 0 Å². The average Bonchev–Trinajstić information content (AvgIpc) is 2.32. The number of aryl methyl sites for hydroxylation is 2. The molecule has 0 radical (unpaired) electrons. The van der Waals surface area contributed by atoms with Crippen molar-refractivity contribution in [2.24, 2.45) is 0 Å². The predicted molar refractivity (Wildman–Crippen MR) is 89.8 cm³/mol. The van der Waals surface area contributed by atoms with Crippen LogP contribution in [0.15, 0.2) is 34.8 Å². The minimum absolute atomic E-state index is 0.0956. The summed E-state index contributed by atoms with van der Waals surface area (Å²) >= 11 is 8.26. The number of thiocarbonyl (C=S) groups is 1. The van der Waals surface area contributed by atoms with Crippen molar-refractivity contribution < 1.29 is 8.78 Å². The van der Waals surface area contributed by atoms with Gasteiger partial charge in [-0.3, -0.25) is 0 Å². The van der Waals surface area contributed by atoms with Crippen LogP contribution in [0.25, 0.3) is 0 Å². The molecular formula is C15H13BrF2N2S. The zero-order chi connectivity index (χ0) is 15.6. The van der Waals surface area contributed by atoms with Crippen molar-refractivity contribution in [1.29, 1.82) is 0 Å². The third-order valence-electron chi connectivity index (χ3n) is 2.72. The molecule has 0 fully saturated rings. The summed E-state index contributed by atoms with van der Waals surface area (Å²) in [4.78, 5) is 0. The highest BCUT2D eigenvalue weighted by Crippen LogP contribution is 2.27. The average molecular weight is 371 g/mol. The van der Waals surface area contributed by atoms with Crippen LogP contribution in [0.1, 0.15) is 11.1 Å². The van der Waals surface area contributed by atoms with Gasteiger partial charge in [0.15, 0.2) is 10.9 Å². The van der Waals surface area contributed by atoms with Crippen LogP contribution >= 0.6 is 28.1 Å². The molecule has 0 saturated heterocycles. The summed E-state index contributed by atoms with van der Waals surface area (Å²) < 4.78 is 27.0. The molecule has 0 saturated carbocycles. The van der Waals surface area contributed by atoms with Crippen molar-refractivity contribution in [3.8, 4) is 0 Å². The molecule has 0 atom stereocenters. The lowest BCUT2D eigenvalue weighted by Gasteiger charge is -2.13. The molecule has 2 aromatic carbocycles.